The third kappa shape index (κ3) is 5.99. The molecule has 1 aromatic heterocycles. The highest BCUT2D eigenvalue weighted by atomic mass is 32.2. The molecule has 3 aromatic rings. The molecule has 1 aliphatic rings. The molecule has 1 heterocycles. The Labute approximate surface area is 218 Å². The van der Waals surface area contributed by atoms with Gasteiger partial charge in [-0.25, -0.2) is 9.97 Å². The molecule has 0 fully saturated rings. The number of anilines is 2. The van der Waals surface area contributed by atoms with Crippen LogP contribution in [0.1, 0.15) is 11.1 Å². The second-order valence-electron chi connectivity index (χ2n) is 8.12. The van der Waals surface area contributed by atoms with Crippen molar-refractivity contribution in [2.45, 2.75) is 11.8 Å². The lowest BCUT2D eigenvalue weighted by atomic mass is 9.93. The van der Waals surface area contributed by atoms with Crippen LogP contribution in [0.5, 0.6) is 11.5 Å². The molecule has 0 atom stereocenters. The second kappa shape index (κ2) is 12.0. The van der Waals surface area contributed by atoms with E-state index in [9.17, 15) is 14.7 Å². The van der Waals surface area contributed by atoms with Crippen molar-refractivity contribution in [3.63, 3.8) is 0 Å². The molecular formula is C27H27N3O6S. The molecular weight excluding hydrogens is 494 g/mol. The number of carbonyl (C=O) groups excluding carboxylic acids is 2. The lowest BCUT2D eigenvalue weighted by molar-refractivity contribution is -0.113. The molecule has 2 aromatic carbocycles. The van der Waals surface area contributed by atoms with Crippen molar-refractivity contribution in [3.05, 3.63) is 59.9 Å². The highest BCUT2D eigenvalue weighted by molar-refractivity contribution is 7.99. The molecule has 0 saturated heterocycles. The fraction of sp³-hybridized carbons (Fsp3) is 0.259. The van der Waals surface area contributed by atoms with Gasteiger partial charge in [-0.1, -0.05) is 0 Å². The third-order valence-electron chi connectivity index (χ3n) is 5.55. The Bertz CT molecular complexity index is 1400. The summed E-state index contributed by atoms with van der Waals surface area (Å²) < 4.78 is 16.4. The lowest BCUT2D eigenvalue weighted by Crippen LogP contribution is -2.10. The summed E-state index contributed by atoms with van der Waals surface area (Å²) in [5, 5.41) is 13.5. The number of thioether (sulfide) groups is 1. The van der Waals surface area contributed by atoms with E-state index in [2.05, 4.69) is 15.3 Å². The lowest BCUT2D eigenvalue weighted by Gasteiger charge is -2.20. The van der Waals surface area contributed by atoms with E-state index in [1.54, 1.807) is 26.4 Å². The number of allylic oxidation sites excluding steroid dienone is 4. The summed E-state index contributed by atoms with van der Waals surface area (Å²) in [4.78, 5) is 34.6. The number of hydrogen-bond acceptors (Lipinski definition) is 10. The molecule has 2 N–H and O–H groups in total. The van der Waals surface area contributed by atoms with E-state index >= 15 is 0 Å². The molecule has 1 aliphatic carbocycles. The molecule has 0 unspecified atom stereocenters. The second-order valence-corrected chi connectivity index (χ2v) is 9.26. The highest BCUT2D eigenvalue weighted by Gasteiger charge is 2.22. The van der Waals surface area contributed by atoms with E-state index in [1.807, 2.05) is 19.1 Å². The molecule has 0 spiro atoms. The highest BCUT2D eigenvalue weighted by Crippen LogP contribution is 2.40. The Kier molecular flexibility index (Phi) is 8.54. The minimum absolute atomic E-state index is 0.0181. The fourth-order valence-corrected chi connectivity index (χ4v) is 4.76. The molecule has 10 heteroatoms. The van der Waals surface area contributed by atoms with Crippen molar-refractivity contribution in [2.24, 2.45) is 0 Å². The number of fused-ring (bicyclic) bond motifs is 1. The Morgan fingerprint density at radius 3 is 2.62 bits per heavy atom. The van der Waals surface area contributed by atoms with E-state index < -0.39 is 0 Å². The predicted octanol–water partition coefficient (Wildman–Crippen LogP) is 3.89. The van der Waals surface area contributed by atoms with Crippen LogP contribution in [-0.4, -0.2) is 66.4 Å². The number of aryl methyl sites for hydroxylation is 1. The minimum atomic E-state index is -0.265. The Morgan fingerprint density at radius 1 is 1.03 bits per heavy atom. The average Bonchev–Trinajstić information content (AvgIpc) is 2.89. The number of ether oxygens (including phenoxy) is 3. The number of aliphatic hydroxyl groups is 1. The van der Waals surface area contributed by atoms with Gasteiger partial charge >= 0.3 is 0 Å². The first-order valence-corrected chi connectivity index (χ1v) is 12.5. The number of benzene rings is 2. The van der Waals surface area contributed by atoms with Crippen molar-refractivity contribution in [3.8, 4) is 11.5 Å². The summed E-state index contributed by atoms with van der Waals surface area (Å²) in [5.41, 5.74) is 2.99. The summed E-state index contributed by atoms with van der Waals surface area (Å²) in [7, 11) is 3.15. The van der Waals surface area contributed by atoms with Gasteiger partial charge in [0.2, 0.25) is 0 Å². The monoisotopic (exact) mass is 521 g/mol. The number of carbonyl (C=O) groups is 2. The van der Waals surface area contributed by atoms with Crippen LogP contribution in [0.15, 0.2) is 53.7 Å². The van der Waals surface area contributed by atoms with Crippen LogP contribution < -0.4 is 14.8 Å². The Balaban J connectivity index is 1.84. The van der Waals surface area contributed by atoms with Crippen LogP contribution in [-0.2, 0) is 14.3 Å². The number of nitrogens with one attached hydrogen (secondary N) is 1. The molecule has 0 aliphatic heterocycles. The average molecular weight is 522 g/mol. The maximum absolute atomic E-state index is 12.8. The Morgan fingerprint density at radius 2 is 1.86 bits per heavy atom. The summed E-state index contributed by atoms with van der Waals surface area (Å²) >= 11 is 1.43. The summed E-state index contributed by atoms with van der Waals surface area (Å²) in [6.07, 6.45) is 5.31. The number of hydrogen-bond donors (Lipinski definition) is 2. The van der Waals surface area contributed by atoms with Gasteiger partial charge in [-0.05, 0) is 48.9 Å². The molecule has 9 nitrogen and oxygen atoms in total. The summed E-state index contributed by atoms with van der Waals surface area (Å²) in [5.74, 6) is 1.43. The zero-order valence-corrected chi connectivity index (χ0v) is 21.6. The van der Waals surface area contributed by atoms with Gasteiger partial charge in [0.25, 0.3) is 0 Å². The van der Waals surface area contributed by atoms with Gasteiger partial charge in [-0.15, -0.1) is 11.8 Å². The van der Waals surface area contributed by atoms with Gasteiger partial charge in [0, 0.05) is 40.3 Å². The number of aliphatic hydroxyl groups excluding tert-OH is 1. The smallest absolute Gasteiger partial charge is 0.186 e. The van der Waals surface area contributed by atoms with Gasteiger partial charge in [-0.2, -0.15) is 0 Å². The van der Waals surface area contributed by atoms with Gasteiger partial charge in [-0.3, -0.25) is 9.59 Å². The van der Waals surface area contributed by atoms with Gasteiger partial charge in [0.1, 0.15) is 18.8 Å². The number of rotatable bonds is 11. The van der Waals surface area contributed by atoms with Crippen molar-refractivity contribution < 1.29 is 28.9 Å². The van der Waals surface area contributed by atoms with Crippen molar-refractivity contribution in [1.82, 2.24) is 9.97 Å². The van der Waals surface area contributed by atoms with Gasteiger partial charge in [0.15, 0.2) is 23.1 Å². The van der Waals surface area contributed by atoms with E-state index in [1.165, 1.54) is 36.3 Å². The van der Waals surface area contributed by atoms with Crippen LogP contribution in [0.4, 0.5) is 11.5 Å². The van der Waals surface area contributed by atoms with E-state index in [-0.39, 0.29) is 23.7 Å². The fourth-order valence-electron chi connectivity index (χ4n) is 3.87. The normalized spacial score (nSPS) is 13.1. The zero-order valence-electron chi connectivity index (χ0n) is 20.7. The number of aromatic nitrogens is 2. The topological polar surface area (TPSA) is 120 Å². The standard InChI is InChI=1S/C27H27N3O6S/c1-16-10-19(18-12-17(32)4-5-22(18)33)26(25(11-16)37-9-6-31)30-27-20-13-23(35-3)24(36-8-7-34-2)14-21(20)28-15-29-27/h4-5,10-15,31H,6-9H2,1-3H3,(H,28,29,30). The molecule has 0 bridgehead atoms. The van der Waals surface area contributed by atoms with Crippen LogP contribution >= 0.6 is 11.8 Å². The Hall–Kier alpha value is -3.73. The summed E-state index contributed by atoms with van der Waals surface area (Å²) in [6.45, 7) is 2.67. The zero-order chi connectivity index (χ0) is 26.4. The first kappa shape index (κ1) is 26.3. The van der Waals surface area contributed by atoms with Crippen LogP contribution in [0.2, 0.25) is 0 Å². The summed E-state index contributed by atoms with van der Waals surface area (Å²) in [6, 6.07) is 7.37. The van der Waals surface area contributed by atoms with E-state index in [0.29, 0.717) is 58.4 Å². The number of nitrogens with zero attached hydrogens (tertiary/aromatic N) is 2. The number of ketones is 2. The van der Waals surface area contributed by atoms with Gasteiger partial charge < -0.3 is 24.6 Å². The molecule has 37 heavy (non-hydrogen) atoms. The van der Waals surface area contributed by atoms with E-state index in [0.717, 1.165) is 10.5 Å². The van der Waals surface area contributed by atoms with Crippen molar-refractivity contribution in [2.75, 3.05) is 45.1 Å². The van der Waals surface area contributed by atoms with Crippen molar-refractivity contribution in [1.29, 1.82) is 0 Å². The van der Waals surface area contributed by atoms with Gasteiger partial charge in [0.05, 0.1) is 31.5 Å². The van der Waals surface area contributed by atoms with Crippen LogP contribution in [0, 0.1) is 6.92 Å². The first-order chi connectivity index (χ1) is 17.9. The molecule has 0 radical (unpaired) electrons. The number of methoxy groups -OCH3 is 2. The quantitative estimate of drug-likeness (QED) is 0.218. The maximum atomic E-state index is 12.8. The predicted molar refractivity (Wildman–Crippen MR) is 143 cm³/mol. The molecule has 192 valence electrons. The molecule has 0 amide bonds. The maximum Gasteiger partial charge on any atom is 0.186 e. The molecule has 0 saturated carbocycles. The van der Waals surface area contributed by atoms with E-state index in [4.69, 9.17) is 14.2 Å². The SMILES string of the molecule is COCCOc1cc2ncnc(Nc3c(SCCO)cc(C)cc3C3=CC(=O)C=CC3=O)c2cc1OC. The first-order valence-electron chi connectivity index (χ1n) is 11.5. The van der Waals surface area contributed by atoms with Crippen LogP contribution in [0.25, 0.3) is 16.5 Å². The molecule has 4 rings (SSSR count). The van der Waals surface area contributed by atoms with Crippen LogP contribution in [0.3, 0.4) is 0 Å². The van der Waals surface area contributed by atoms with Crippen molar-refractivity contribution >= 4 is 51.3 Å². The third-order valence-corrected chi connectivity index (χ3v) is 6.57. The minimum Gasteiger partial charge on any atom is -0.493 e. The largest absolute Gasteiger partial charge is 0.493 e.